The lowest BCUT2D eigenvalue weighted by Crippen LogP contribution is -2.22. The van der Waals surface area contributed by atoms with Crippen molar-refractivity contribution in [1.29, 1.82) is 0 Å². The fraction of sp³-hybridized carbons (Fsp3) is 0.385. The van der Waals surface area contributed by atoms with Crippen LogP contribution in [0.15, 0.2) is 32.9 Å². The number of nitrogens with zero attached hydrogens (tertiary/aromatic N) is 2. The standard InChI is InChI=1S/C13H14F3N3S2/c1-8(2)17-6-9-3-4-11(10(5-9)13(14,15)16)21-12-19-18-7-20-12/h3-5,7-8,17H,6H2,1-2H3. The van der Waals surface area contributed by atoms with Crippen molar-refractivity contribution in [3.63, 3.8) is 0 Å². The van der Waals surface area contributed by atoms with E-state index in [0.29, 0.717) is 16.4 Å². The summed E-state index contributed by atoms with van der Waals surface area (Å²) in [7, 11) is 0. The number of halogens is 3. The first kappa shape index (κ1) is 16.3. The van der Waals surface area contributed by atoms with Crippen LogP contribution in [0.5, 0.6) is 0 Å². The third-order valence-corrected chi connectivity index (χ3v) is 4.45. The second-order valence-electron chi connectivity index (χ2n) is 4.67. The van der Waals surface area contributed by atoms with Crippen LogP contribution in [0.25, 0.3) is 0 Å². The van der Waals surface area contributed by atoms with Gasteiger partial charge in [-0.15, -0.1) is 10.2 Å². The van der Waals surface area contributed by atoms with Crippen LogP contribution in [0.3, 0.4) is 0 Å². The van der Waals surface area contributed by atoms with Crippen LogP contribution in [-0.4, -0.2) is 16.2 Å². The van der Waals surface area contributed by atoms with E-state index in [-0.39, 0.29) is 10.9 Å². The minimum atomic E-state index is -4.39. The predicted octanol–water partition coefficient (Wildman–Crippen LogP) is 4.21. The average molecular weight is 333 g/mol. The molecule has 0 atom stereocenters. The van der Waals surface area contributed by atoms with Crippen molar-refractivity contribution in [3.05, 3.63) is 34.8 Å². The summed E-state index contributed by atoms with van der Waals surface area (Å²) in [5, 5.41) is 10.5. The molecule has 0 aliphatic carbocycles. The van der Waals surface area contributed by atoms with Gasteiger partial charge in [0.1, 0.15) is 5.51 Å². The van der Waals surface area contributed by atoms with Crippen LogP contribution in [0, 0.1) is 0 Å². The summed E-state index contributed by atoms with van der Waals surface area (Å²) in [4.78, 5) is 0.146. The molecule has 0 bridgehead atoms. The van der Waals surface area contributed by atoms with Crippen molar-refractivity contribution >= 4 is 23.1 Å². The van der Waals surface area contributed by atoms with Gasteiger partial charge in [-0.05, 0) is 17.7 Å². The molecule has 1 heterocycles. The lowest BCUT2D eigenvalue weighted by Gasteiger charge is -2.14. The lowest BCUT2D eigenvalue weighted by atomic mass is 10.1. The fourth-order valence-corrected chi connectivity index (χ4v) is 3.19. The number of aromatic nitrogens is 2. The van der Waals surface area contributed by atoms with Crippen molar-refractivity contribution in [2.75, 3.05) is 0 Å². The Labute approximate surface area is 129 Å². The smallest absolute Gasteiger partial charge is 0.310 e. The monoisotopic (exact) mass is 333 g/mol. The molecule has 8 heteroatoms. The number of alkyl halides is 3. The van der Waals surface area contributed by atoms with Crippen molar-refractivity contribution < 1.29 is 13.2 Å². The van der Waals surface area contributed by atoms with E-state index >= 15 is 0 Å². The lowest BCUT2D eigenvalue weighted by molar-refractivity contribution is -0.139. The van der Waals surface area contributed by atoms with Gasteiger partial charge >= 0.3 is 6.18 Å². The molecule has 0 spiro atoms. The summed E-state index contributed by atoms with van der Waals surface area (Å²) in [6, 6.07) is 4.61. The quantitative estimate of drug-likeness (QED) is 0.890. The van der Waals surface area contributed by atoms with Crippen LogP contribution in [-0.2, 0) is 12.7 Å². The molecule has 21 heavy (non-hydrogen) atoms. The van der Waals surface area contributed by atoms with Gasteiger partial charge in [-0.3, -0.25) is 0 Å². The highest BCUT2D eigenvalue weighted by molar-refractivity contribution is 8.01. The number of benzene rings is 1. The van der Waals surface area contributed by atoms with E-state index in [2.05, 4.69) is 15.5 Å². The third-order valence-electron chi connectivity index (χ3n) is 2.60. The molecule has 0 saturated heterocycles. The molecule has 0 radical (unpaired) electrons. The highest BCUT2D eigenvalue weighted by Crippen LogP contribution is 2.40. The molecular weight excluding hydrogens is 319 g/mol. The molecule has 114 valence electrons. The molecule has 0 aliphatic heterocycles. The van der Waals surface area contributed by atoms with Crippen LogP contribution < -0.4 is 5.32 Å². The summed E-state index contributed by atoms with van der Waals surface area (Å²) in [5.41, 5.74) is 1.47. The first-order valence-electron chi connectivity index (χ1n) is 6.24. The predicted molar refractivity (Wildman–Crippen MR) is 77.5 cm³/mol. The van der Waals surface area contributed by atoms with Gasteiger partial charge in [0.05, 0.1) is 5.56 Å². The number of hydrogen-bond donors (Lipinski definition) is 1. The first-order chi connectivity index (χ1) is 9.86. The van der Waals surface area contributed by atoms with Gasteiger partial charge in [-0.25, -0.2) is 0 Å². The molecule has 0 fully saturated rings. The van der Waals surface area contributed by atoms with Gasteiger partial charge in [0.15, 0.2) is 4.34 Å². The normalized spacial score (nSPS) is 12.1. The minimum Gasteiger partial charge on any atom is -0.310 e. The van der Waals surface area contributed by atoms with Crippen LogP contribution in [0.4, 0.5) is 13.2 Å². The molecule has 0 saturated carbocycles. The maximum absolute atomic E-state index is 13.2. The van der Waals surface area contributed by atoms with Gasteiger partial charge in [0.2, 0.25) is 0 Å². The van der Waals surface area contributed by atoms with E-state index in [9.17, 15) is 13.2 Å². The maximum Gasteiger partial charge on any atom is 0.417 e. The Bertz CT molecular complexity index is 583. The maximum atomic E-state index is 13.2. The minimum absolute atomic E-state index is 0.146. The summed E-state index contributed by atoms with van der Waals surface area (Å²) >= 11 is 2.20. The van der Waals surface area contributed by atoms with E-state index in [1.165, 1.54) is 29.0 Å². The summed E-state index contributed by atoms with van der Waals surface area (Å²) < 4.78 is 40.1. The zero-order valence-corrected chi connectivity index (χ0v) is 13.1. The number of rotatable bonds is 5. The highest BCUT2D eigenvalue weighted by Gasteiger charge is 2.34. The Hall–Kier alpha value is -1.12. The van der Waals surface area contributed by atoms with Gasteiger partial charge in [-0.1, -0.05) is 43.0 Å². The molecule has 0 aliphatic rings. The zero-order chi connectivity index (χ0) is 15.5. The van der Waals surface area contributed by atoms with E-state index in [1.807, 2.05) is 13.8 Å². The average Bonchev–Trinajstić information content (AvgIpc) is 2.89. The van der Waals surface area contributed by atoms with Gasteiger partial charge < -0.3 is 5.32 Å². The van der Waals surface area contributed by atoms with Crippen molar-refractivity contribution in [3.8, 4) is 0 Å². The zero-order valence-electron chi connectivity index (χ0n) is 11.4. The molecule has 2 aromatic rings. The Morgan fingerprint density at radius 3 is 2.67 bits per heavy atom. The van der Waals surface area contributed by atoms with Crippen LogP contribution >= 0.6 is 23.1 Å². The molecular formula is C13H14F3N3S2. The van der Waals surface area contributed by atoms with Crippen LogP contribution in [0.2, 0.25) is 0 Å². The molecule has 1 aromatic heterocycles. The number of nitrogens with one attached hydrogen (secondary N) is 1. The summed E-state index contributed by atoms with van der Waals surface area (Å²) in [5.74, 6) is 0. The Morgan fingerprint density at radius 1 is 1.33 bits per heavy atom. The Kier molecular flexibility index (Phi) is 5.23. The fourth-order valence-electron chi connectivity index (χ4n) is 1.62. The molecule has 0 amide bonds. The van der Waals surface area contributed by atoms with E-state index in [1.54, 1.807) is 6.07 Å². The van der Waals surface area contributed by atoms with E-state index in [4.69, 9.17) is 0 Å². The van der Waals surface area contributed by atoms with E-state index in [0.717, 1.165) is 11.8 Å². The Morgan fingerprint density at radius 2 is 2.10 bits per heavy atom. The second-order valence-corrected chi connectivity index (χ2v) is 6.79. The van der Waals surface area contributed by atoms with Crippen molar-refractivity contribution in [2.45, 2.75) is 41.8 Å². The summed E-state index contributed by atoms with van der Waals surface area (Å²) in [6.07, 6.45) is -4.39. The van der Waals surface area contributed by atoms with Gasteiger partial charge in [-0.2, -0.15) is 13.2 Å². The van der Waals surface area contributed by atoms with Crippen molar-refractivity contribution in [1.82, 2.24) is 15.5 Å². The second kappa shape index (κ2) is 6.76. The molecule has 0 unspecified atom stereocenters. The van der Waals surface area contributed by atoms with E-state index < -0.39 is 11.7 Å². The molecule has 3 nitrogen and oxygen atoms in total. The molecule has 1 N–H and O–H groups in total. The topological polar surface area (TPSA) is 37.8 Å². The molecule has 1 aromatic carbocycles. The largest absolute Gasteiger partial charge is 0.417 e. The Balaban J connectivity index is 2.27. The van der Waals surface area contributed by atoms with Gasteiger partial charge in [0.25, 0.3) is 0 Å². The highest BCUT2D eigenvalue weighted by atomic mass is 32.2. The SMILES string of the molecule is CC(C)NCc1ccc(Sc2nncs2)c(C(F)(F)F)c1. The van der Waals surface area contributed by atoms with Gasteiger partial charge in [0, 0.05) is 17.5 Å². The molecule has 2 rings (SSSR count). The first-order valence-corrected chi connectivity index (χ1v) is 7.93. The number of hydrogen-bond acceptors (Lipinski definition) is 5. The summed E-state index contributed by atoms with van der Waals surface area (Å²) in [6.45, 7) is 4.30. The van der Waals surface area contributed by atoms with Crippen LogP contribution in [0.1, 0.15) is 25.0 Å². The third kappa shape index (κ3) is 4.69. The van der Waals surface area contributed by atoms with Crippen molar-refractivity contribution in [2.24, 2.45) is 0 Å².